The summed E-state index contributed by atoms with van der Waals surface area (Å²) in [7, 11) is 0. The number of furan rings is 1. The maximum atomic E-state index is 12.5. The third-order valence-corrected chi connectivity index (χ3v) is 5.33. The highest BCUT2D eigenvalue weighted by Crippen LogP contribution is 2.32. The molecule has 0 spiro atoms. The van der Waals surface area contributed by atoms with Crippen LogP contribution in [0.2, 0.25) is 0 Å². The largest absolute Gasteiger partial charge is 0.458 e. The predicted molar refractivity (Wildman–Crippen MR) is 72.9 cm³/mol. The van der Waals surface area contributed by atoms with E-state index in [4.69, 9.17) is 9.15 Å². The van der Waals surface area contributed by atoms with Crippen molar-refractivity contribution in [3.8, 4) is 0 Å². The van der Waals surface area contributed by atoms with Crippen molar-refractivity contribution in [3.63, 3.8) is 0 Å². The van der Waals surface area contributed by atoms with Crippen molar-refractivity contribution in [3.05, 3.63) is 22.6 Å². The lowest BCUT2D eigenvalue weighted by Gasteiger charge is -2.43. The number of nitrogens with zero attached hydrogens (tertiary/aromatic N) is 1. The van der Waals surface area contributed by atoms with Gasteiger partial charge in [-0.1, -0.05) is 0 Å². The van der Waals surface area contributed by atoms with Crippen LogP contribution in [0.15, 0.2) is 21.2 Å². The molecule has 98 valence electrons. The smallest absolute Gasteiger partial charge is 0.291 e. The van der Waals surface area contributed by atoms with Crippen LogP contribution in [-0.2, 0) is 4.74 Å². The van der Waals surface area contributed by atoms with Crippen molar-refractivity contribution in [2.75, 3.05) is 25.5 Å². The predicted octanol–water partition coefficient (Wildman–Crippen LogP) is 2.39. The molecule has 2 fully saturated rings. The van der Waals surface area contributed by atoms with Crippen molar-refractivity contribution in [2.24, 2.45) is 0 Å². The molecular weight excluding hydrogens is 318 g/mol. The van der Waals surface area contributed by atoms with E-state index in [2.05, 4.69) is 15.9 Å². The minimum atomic E-state index is -0.0101. The molecule has 0 saturated carbocycles. The topological polar surface area (TPSA) is 42.7 Å². The molecule has 6 heteroatoms. The zero-order chi connectivity index (χ0) is 12.5. The average Bonchev–Trinajstić information content (AvgIpc) is 2.83. The lowest BCUT2D eigenvalue weighted by Crippen LogP contribution is -2.54. The molecule has 1 amide bonds. The Morgan fingerprint density at radius 1 is 1.56 bits per heavy atom. The van der Waals surface area contributed by atoms with Gasteiger partial charge in [-0.2, -0.15) is 11.8 Å². The standard InChI is InChI=1S/C12H14BrNO3S/c13-8-1-5-17-11(8)12(15)14-3-6-18-10-7-16-4-2-9(10)14/h1,5,9-10H,2-4,6-7H2/t9-,10+/m1/s1. The molecule has 0 unspecified atom stereocenters. The van der Waals surface area contributed by atoms with Crippen LogP contribution in [0.5, 0.6) is 0 Å². The van der Waals surface area contributed by atoms with Gasteiger partial charge in [0.1, 0.15) is 0 Å². The third kappa shape index (κ3) is 2.21. The fourth-order valence-electron chi connectivity index (χ4n) is 2.51. The van der Waals surface area contributed by atoms with E-state index in [1.54, 1.807) is 6.07 Å². The SMILES string of the molecule is O=C(c1occc1Br)N1CCS[C@H]2COCC[C@H]21. The number of hydrogen-bond acceptors (Lipinski definition) is 4. The molecule has 1 aromatic heterocycles. The number of halogens is 1. The number of rotatable bonds is 1. The Balaban J connectivity index is 1.82. The number of amides is 1. The number of hydrogen-bond donors (Lipinski definition) is 0. The normalized spacial score (nSPS) is 27.9. The summed E-state index contributed by atoms with van der Waals surface area (Å²) in [6.07, 6.45) is 2.46. The quantitative estimate of drug-likeness (QED) is 0.792. The second-order valence-electron chi connectivity index (χ2n) is 4.44. The van der Waals surface area contributed by atoms with Gasteiger partial charge in [0.25, 0.3) is 5.91 Å². The van der Waals surface area contributed by atoms with Crippen LogP contribution >= 0.6 is 27.7 Å². The van der Waals surface area contributed by atoms with Gasteiger partial charge in [0.15, 0.2) is 0 Å². The summed E-state index contributed by atoms with van der Waals surface area (Å²) in [5, 5.41) is 0.408. The maximum Gasteiger partial charge on any atom is 0.291 e. The molecule has 0 N–H and O–H groups in total. The summed E-state index contributed by atoms with van der Waals surface area (Å²) in [5.74, 6) is 1.37. The molecule has 2 atom stereocenters. The van der Waals surface area contributed by atoms with Gasteiger partial charge in [0.2, 0.25) is 5.76 Å². The molecule has 4 nitrogen and oxygen atoms in total. The summed E-state index contributed by atoms with van der Waals surface area (Å²) in [4.78, 5) is 14.4. The fraction of sp³-hybridized carbons (Fsp3) is 0.583. The highest BCUT2D eigenvalue weighted by molar-refractivity contribution is 9.10. The summed E-state index contributed by atoms with van der Waals surface area (Å²) in [5.41, 5.74) is 0. The van der Waals surface area contributed by atoms with E-state index in [0.29, 0.717) is 11.0 Å². The highest BCUT2D eigenvalue weighted by atomic mass is 79.9. The van der Waals surface area contributed by atoms with Crippen molar-refractivity contribution in [2.45, 2.75) is 17.7 Å². The number of ether oxygens (including phenoxy) is 1. The molecular formula is C12H14BrNO3S. The molecule has 3 heterocycles. The Kier molecular flexibility index (Phi) is 3.68. The first-order valence-corrected chi connectivity index (χ1v) is 7.85. The van der Waals surface area contributed by atoms with Crippen LogP contribution in [0.4, 0.5) is 0 Å². The fourth-order valence-corrected chi connectivity index (χ4v) is 4.19. The summed E-state index contributed by atoms with van der Waals surface area (Å²) in [6.45, 7) is 2.28. The molecule has 0 aromatic carbocycles. The van der Waals surface area contributed by atoms with Crippen molar-refractivity contribution >= 4 is 33.6 Å². The van der Waals surface area contributed by atoms with Gasteiger partial charge in [-0.15, -0.1) is 0 Å². The van der Waals surface area contributed by atoms with Crippen molar-refractivity contribution < 1.29 is 13.9 Å². The first-order valence-electron chi connectivity index (χ1n) is 6.00. The monoisotopic (exact) mass is 331 g/mol. The van der Waals surface area contributed by atoms with Crippen LogP contribution in [0.3, 0.4) is 0 Å². The minimum absolute atomic E-state index is 0.0101. The van der Waals surface area contributed by atoms with Gasteiger partial charge in [0, 0.05) is 30.2 Å². The van der Waals surface area contributed by atoms with Crippen molar-refractivity contribution in [1.29, 1.82) is 0 Å². The molecule has 2 aliphatic rings. The molecule has 3 rings (SSSR count). The minimum Gasteiger partial charge on any atom is -0.458 e. The molecule has 0 bridgehead atoms. The van der Waals surface area contributed by atoms with Crippen LogP contribution < -0.4 is 0 Å². The highest BCUT2D eigenvalue weighted by Gasteiger charge is 2.38. The van der Waals surface area contributed by atoms with E-state index in [0.717, 1.165) is 36.4 Å². The third-order valence-electron chi connectivity index (χ3n) is 3.41. The van der Waals surface area contributed by atoms with Crippen LogP contribution in [0.1, 0.15) is 17.0 Å². The molecule has 1 aromatic rings. The Morgan fingerprint density at radius 3 is 3.22 bits per heavy atom. The molecule has 2 saturated heterocycles. The first-order chi connectivity index (χ1) is 8.77. The Hall–Kier alpha value is -0.460. The van der Waals surface area contributed by atoms with Crippen molar-refractivity contribution in [1.82, 2.24) is 4.90 Å². The Labute approximate surface area is 118 Å². The number of carbonyl (C=O) groups is 1. The van der Waals surface area contributed by atoms with Gasteiger partial charge < -0.3 is 14.1 Å². The molecule has 18 heavy (non-hydrogen) atoms. The van der Waals surface area contributed by atoms with E-state index in [-0.39, 0.29) is 11.9 Å². The molecule has 2 aliphatic heterocycles. The maximum absolute atomic E-state index is 12.5. The van der Waals surface area contributed by atoms with Crippen LogP contribution in [-0.4, -0.2) is 47.6 Å². The van der Waals surface area contributed by atoms with Crippen LogP contribution in [0, 0.1) is 0 Å². The van der Waals surface area contributed by atoms with Gasteiger partial charge >= 0.3 is 0 Å². The van der Waals surface area contributed by atoms with E-state index in [1.165, 1.54) is 6.26 Å². The number of fused-ring (bicyclic) bond motifs is 1. The van der Waals surface area contributed by atoms with E-state index in [9.17, 15) is 4.79 Å². The van der Waals surface area contributed by atoms with Crippen LogP contribution in [0.25, 0.3) is 0 Å². The first kappa shape index (κ1) is 12.6. The number of carbonyl (C=O) groups excluding carboxylic acids is 1. The van der Waals surface area contributed by atoms with E-state index in [1.807, 2.05) is 16.7 Å². The van der Waals surface area contributed by atoms with E-state index >= 15 is 0 Å². The zero-order valence-corrected chi connectivity index (χ0v) is 12.2. The Morgan fingerprint density at radius 2 is 2.44 bits per heavy atom. The van der Waals surface area contributed by atoms with Gasteiger partial charge in [-0.05, 0) is 28.4 Å². The summed E-state index contributed by atoms with van der Waals surface area (Å²) >= 11 is 5.26. The van der Waals surface area contributed by atoms with Gasteiger partial charge in [-0.25, -0.2) is 0 Å². The average molecular weight is 332 g/mol. The molecule has 0 radical (unpaired) electrons. The van der Waals surface area contributed by atoms with Gasteiger partial charge in [0.05, 0.1) is 17.3 Å². The zero-order valence-electron chi connectivity index (χ0n) is 9.80. The lowest BCUT2D eigenvalue weighted by molar-refractivity contribution is 0.0300. The summed E-state index contributed by atoms with van der Waals surface area (Å²) in [6, 6.07) is 2.04. The van der Waals surface area contributed by atoms with E-state index < -0.39 is 0 Å². The summed E-state index contributed by atoms with van der Waals surface area (Å²) < 4.78 is 11.5. The second-order valence-corrected chi connectivity index (χ2v) is 6.64. The second kappa shape index (κ2) is 5.27. The van der Waals surface area contributed by atoms with Gasteiger partial charge in [-0.3, -0.25) is 4.79 Å². The Bertz CT molecular complexity index is 448. The lowest BCUT2D eigenvalue weighted by atomic mass is 10.1. The molecule has 0 aliphatic carbocycles. The number of thioether (sulfide) groups is 1.